The molecule has 0 radical (unpaired) electrons. The van der Waals surface area contributed by atoms with Crippen LogP contribution in [0.25, 0.3) is 16.6 Å². The highest BCUT2D eigenvalue weighted by Gasteiger charge is 2.30. The molecule has 0 bridgehead atoms. The van der Waals surface area contributed by atoms with Crippen molar-refractivity contribution in [2.45, 2.75) is 52.9 Å². The molecular weight excluding hydrogens is 556 g/mol. The molecule has 0 atom stereocenters. The van der Waals surface area contributed by atoms with E-state index >= 15 is 0 Å². The van der Waals surface area contributed by atoms with Gasteiger partial charge in [-0.2, -0.15) is 0 Å². The third kappa shape index (κ3) is 6.50. The Balaban J connectivity index is 1.17. The van der Waals surface area contributed by atoms with E-state index in [0.717, 1.165) is 55.9 Å². The van der Waals surface area contributed by atoms with Crippen LogP contribution in [0.15, 0.2) is 59.7 Å². The van der Waals surface area contributed by atoms with Gasteiger partial charge in [0.15, 0.2) is 0 Å². The second kappa shape index (κ2) is 12.2. The van der Waals surface area contributed by atoms with Crippen molar-refractivity contribution in [3.8, 4) is 11.5 Å². The number of pyridine rings is 1. The summed E-state index contributed by atoms with van der Waals surface area (Å²) in [4.78, 5) is 26.6. The van der Waals surface area contributed by atoms with Crippen LogP contribution in [0.3, 0.4) is 0 Å². The van der Waals surface area contributed by atoms with Gasteiger partial charge in [0.2, 0.25) is 0 Å². The zero-order valence-electron chi connectivity index (χ0n) is 25.9. The largest absolute Gasteiger partial charge is 0.465 e. The van der Waals surface area contributed by atoms with Gasteiger partial charge in [-0.15, -0.1) is 11.3 Å². The van der Waals surface area contributed by atoms with E-state index in [-0.39, 0.29) is 0 Å². The summed E-state index contributed by atoms with van der Waals surface area (Å²) >= 11 is 1.92. The summed E-state index contributed by atoms with van der Waals surface area (Å²) in [5.74, 6) is 1.18. The number of methoxy groups -OCH3 is 1. The van der Waals surface area contributed by atoms with E-state index in [0.29, 0.717) is 28.4 Å². The van der Waals surface area contributed by atoms with Crippen molar-refractivity contribution >= 4 is 39.6 Å². The Morgan fingerprint density at radius 2 is 1.93 bits per heavy atom. The summed E-state index contributed by atoms with van der Waals surface area (Å²) in [6, 6.07) is 12.1. The van der Waals surface area contributed by atoms with Gasteiger partial charge < -0.3 is 19.4 Å². The number of benzene rings is 1. The Labute approximate surface area is 258 Å². The number of carbonyl (C=O) groups excluding carboxylic acids is 1. The normalized spacial score (nSPS) is 17.6. The summed E-state index contributed by atoms with van der Waals surface area (Å²) in [6.45, 7) is 14.2. The van der Waals surface area contributed by atoms with Crippen LogP contribution in [0.4, 0.5) is 5.69 Å². The lowest BCUT2D eigenvalue weighted by Crippen LogP contribution is -2.47. The number of hydrogen-bond acceptors (Lipinski definition) is 7. The number of nitrogens with zero attached hydrogens (tertiary/aromatic N) is 3. The first kappa shape index (κ1) is 29.5. The fourth-order valence-electron chi connectivity index (χ4n) is 6.19. The number of nitrogens with one attached hydrogen (secondary N) is 1. The third-order valence-corrected chi connectivity index (χ3v) is 9.90. The molecule has 0 unspecified atom stereocenters. The molecule has 6 rings (SSSR count). The molecule has 1 N–H and O–H groups in total. The van der Waals surface area contributed by atoms with Gasteiger partial charge in [-0.25, -0.2) is 9.78 Å². The molecule has 8 heteroatoms. The maximum Gasteiger partial charge on any atom is 0.341 e. The number of H-pyrrole nitrogens is 1. The van der Waals surface area contributed by atoms with Crippen molar-refractivity contribution < 1.29 is 14.3 Å². The van der Waals surface area contributed by atoms with E-state index in [1.165, 1.54) is 30.4 Å². The van der Waals surface area contributed by atoms with Gasteiger partial charge in [0.05, 0.1) is 13.3 Å². The van der Waals surface area contributed by atoms with Gasteiger partial charge >= 0.3 is 5.97 Å². The highest BCUT2D eigenvalue weighted by atomic mass is 32.1. The van der Waals surface area contributed by atoms with Crippen LogP contribution in [0.5, 0.6) is 11.5 Å². The van der Waals surface area contributed by atoms with Crippen LogP contribution < -0.4 is 9.64 Å². The number of rotatable bonds is 8. The predicted octanol–water partition coefficient (Wildman–Crippen LogP) is 8.11. The third-order valence-electron chi connectivity index (χ3n) is 8.89. The van der Waals surface area contributed by atoms with Crippen molar-refractivity contribution in [1.82, 2.24) is 14.9 Å². The lowest BCUT2D eigenvalue weighted by molar-refractivity contribution is 0.0598. The van der Waals surface area contributed by atoms with Crippen molar-refractivity contribution in [2.24, 2.45) is 5.41 Å². The monoisotopic (exact) mass is 598 g/mol. The zero-order valence-corrected chi connectivity index (χ0v) is 26.7. The minimum atomic E-state index is -0.423. The SMILES string of the molecule is COC(=O)c1ccc(N2CCN(CC3=C(c4cc(C(C)C)cs4)CC(C)(C)CC3)CC2)cc1Oc1cnc2[nH]ccc2c1. The van der Waals surface area contributed by atoms with E-state index in [1.54, 1.807) is 23.4 Å². The van der Waals surface area contributed by atoms with Gasteiger partial charge in [-0.1, -0.05) is 33.3 Å². The predicted molar refractivity (Wildman–Crippen MR) is 176 cm³/mol. The fourth-order valence-corrected chi connectivity index (χ4v) is 7.35. The summed E-state index contributed by atoms with van der Waals surface area (Å²) in [5, 5.41) is 3.30. The number of piperazine rings is 1. The number of thiophene rings is 1. The lowest BCUT2D eigenvalue weighted by Gasteiger charge is -2.39. The minimum Gasteiger partial charge on any atom is -0.465 e. The standard InChI is InChI=1S/C35H42N4O3S/c1-23(2)26-17-32(43-22-26)30-19-35(3,4)10-8-25(30)21-38-12-14-39(15-13-38)27-6-7-29(34(40)41-5)31(18-27)42-28-16-24-9-11-36-33(24)37-20-28/h6-7,9,11,16-18,20,22-23H,8,10,12-15,19,21H2,1-5H3,(H,36,37). The zero-order chi connectivity index (χ0) is 30.1. The van der Waals surface area contributed by atoms with Crippen LogP contribution in [0, 0.1) is 5.41 Å². The smallest absolute Gasteiger partial charge is 0.341 e. The van der Waals surface area contributed by atoms with E-state index in [4.69, 9.17) is 9.47 Å². The van der Waals surface area contributed by atoms with E-state index in [9.17, 15) is 4.79 Å². The molecule has 4 aromatic rings. The Morgan fingerprint density at radius 3 is 2.67 bits per heavy atom. The van der Waals surface area contributed by atoms with Gasteiger partial charge in [-0.3, -0.25) is 4.90 Å². The highest BCUT2D eigenvalue weighted by molar-refractivity contribution is 7.11. The Bertz CT molecular complexity index is 1640. The van der Waals surface area contributed by atoms with Crippen LogP contribution >= 0.6 is 11.3 Å². The first-order chi connectivity index (χ1) is 20.7. The van der Waals surface area contributed by atoms with Crippen molar-refractivity contribution in [3.63, 3.8) is 0 Å². The highest BCUT2D eigenvalue weighted by Crippen LogP contribution is 2.45. The molecule has 3 aromatic heterocycles. The number of aromatic amines is 1. The number of anilines is 1. The molecule has 1 aromatic carbocycles. The molecule has 0 amide bonds. The molecule has 0 spiro atoms. The summed E-state index contributed by atoms with van der Waals surface area (Å²) in [7, 11) is 1.39. The van der Waals surface area contributed by atoms with Gasteiger partial charge in [0.25, 0.3) is 0 Å². The maximum atomic E-state index is 12.6. The average Bonchev–Trinajstić information content (AvgIpc) is 3.68. The molecule has 2 aliphatic rings. The van der Waals surface area contributed by atoms with E-state index < -0.39 is 5.97 Å². The van der Waals surface area contributed by atoms with Crippen molar-refractivity contribution in [2.75, 3.05) is 44.7 Å². The van der Waals surface area contributed by atoms with E-state index in [2.05, 4.69) is 58.9 Å². The average molecular weight is 599 g/mol. The van der Waals surface area contributed by atoms with Crippen LogP contribution in [-0.4, -0.2) is 60.7 Å². The number of carbonyl (C=O) groups is 1. The number of aromatic nitrogens is 2. The molecule has 43 heavy (non-hydrogen) atoms. The molecular formula is C35H42N4O3S. The molecule has 4 heterocycles. The van der Waals surface area contributed by atoms with Crippen LogP contribution in [-0.2, 0) is 4.74 Å². The summed E-state index contributed by atoms with van der Waals surface area (Å²) in [6.07, 6.45) is 7.09. The maximum absolute atomic E-state index is 12.6. The Hall–Kier alpha value is -3.62. The molecule has 1 aliphatic carbocycles. The number of esters is 1. The molecule has 1 fully saturated rings. The van der Waals surface area contributed by atoms with Crippen molar-refractivity contribution in [1.29, 1.82) is 0 Å². The number of allylic oxidation sites excluding steroid dienone is 1. The first-order valence-corrected chi connectivity index (χ1v) is 16.2. The van der Waals surface area contributed by atoms with Crippen LogP contribution in [0.1, 0.15) is 73.7 Å². The van der Waals surface area contributed by atoms with Crippen molar-refractivity contribution in [3.05, 3.63) is 75.7 Å². The second-order valence-corrected chi connectivity index (χ2v) is 13.9. The van der Waals surface area contributed by atoms with E-state index in [1.807, 2.05) is 41.8 Å². The van der Waals surface area contributed by atoms with Gasteiger partial charge in [0, 0.05) is 60.9 Å². The topological polar surface area (TPSA) is 70.7 Å². The number of hydrogen-bond donors (Lipinski definition) is 1. The van der Waals surface area contributed by atoms with Crippen LogP contribution in [0.2, 0.25) is 0 Å². The number of fused-ring (bicyclic) bond motifs is 1. The molecule has 1 saturated heterocycles. The van der Waals surface area contributed by atoms with Gasteiger partial charge in [-0.05, 0) is 77.4 Å². The molecule has 0 saturated carbocycles. The fraction of sp³-hybridized carbons (Fsp3) is 0.429. The second-order valence-electron chi connectivity index (χ2n) is 12.9. The Morgan fingerprint density at radius 1 is 1.12 bits per heavy atom. The first-order valence-electron chi connectivity index (χ1n) is 15.3. The summed E-state index contributed by atoms with van der Waals surface area (Å²) in [5.41, 5.74) is 7.23. The molecule has 1 aliphatic heterocycles. The quantitative estimate of drug-likeness (QED) is 0.207. The lowest BCUT2D eigenvalue weighted by atomic mass is 9.73. The molecule has 226 valence electrons. The Kier molecular flexibility index (Phi) is 8.34. The molecule has 7 nitrogen and oxygen atoms in total. The number of ether oxygens (including phenoxy) is 2. The summed E-state index contributed by atoms with van der Waals surface area (Å²) < 4.78 is 11.3. The van der Waals surface area contributed by atoms with Gasteiger partial charge in [0.1, 0.15) is 22.7 Å². The minimum absolute atomic E-state index is 0.346.